The summed E-state index contributed by atoms with van der Waals surface area (Å²) in [6.07, 6.45) is 3.92. The molecule has 1 saturated carbocycles. The van der Waals surface area contributed by atoms with E-state index in [0.717, 1.165) is 18.0 Å². The second-order valence-electron chi connectivity index (χ2n) is 5.06. The van der Waals surface area contributed by atoms with E-state index in [1.165, 1.54) is 19.3 Å². The number of carbonyl (C=O) groups is 1. The molecule has 0 bridgehead atoms. The molecule has 1 N–H and O–H groups in total. The number of benzene rings is 1. The van der Waals surface area contributed by atoms with Gasteiger partial charge in [-0.25, -0.2) is 0 Å². The standard InChI is InChI=1S/C14H18N2O/c17-14-13(12-7-2-1-3-8-12)15-10-16(14)9-11-5-4-6-11/h1-3,7-8,11,13,15H,4-6,9-10H2. The molecule has 90 valence electrons. The van der Waals surface area contributed by atoms with Crippen LogP contribution in [0.1, 0.15) is 30.9 Å². The molecule has 1 aromatic rings. The summed E-state index contributed by atoms with van der Waals surface area (Å²) < 4.78 is 0. The van der Waals surface area contributed by atoms with Crippen molar-refractivity contribution in [3.8, 4) is 0 Å². The van der Waals surface area contributed by atoms with Crippen molar-refractivity contribution in [2.75, 3.05) is 13.2 Å². The topological polar surface area (TPSA) is 32.3 Å². The van der Waals surface area contributed by atoms with Gasteiger partial charge in [0.1, 0.15) is 6.04 Å². The molecule has 3 nitrogen and oxygen atoms in total. The van der Waals surface area contributed by atoms with Crippen LogP contribution in [0, 0.1) is 5.92 Å². The Hall–Kier alpha value is -1.35. The summed E-state index contributed by atoms with van der Waals surface area (Å²) >= 11 is 0. The van der Waals surface area contributed by atoms with E-state index in [2.05, 4.69) is 5.32 Å². The van der Waals surface area contributed by atoms with Crippen molar-refractivity contribution in [2.45, 2.75) is 25.3 Å². The van der Waals surface area contributed by atoms with Gasteiger partial charge in [-0.05, 0) is 24.3 Å². The first-order valence-electron chi connectivity index (χ1n) is 6.42. The van der Waals surface area contributed by atoms with Crippen molar-refractivity contribution in [3.63, 3.8) is 0 Å². The molecule has 1 aromatic carbocycles. The molecule has 1 amide bonds. The Balaban J connectivity index is 1.67. The lowest BCUT2D eigenvalue weighted by molar-refractivity contribution is -0.129. The Morgan fingerprint density at radius 1 is 1.24 bits per heavy atom. The normalized spacial score (nSPS) is 25.1. The highest BCUT2D eigenvalue weighted by Crippen LogP contribution is 2.29. The average Bonchev–Trinajstić information content (AvgIpc) is 2.67. The van der Waals surface area contributed by atoms with Crippen LogP contribution < -0.4 is 5.32 Å². The Labute approximate surface area is 102 Å². The Kier molecular flexibility index (Phi) is 2.85. The fraction of sp³-hybridized carbons (Fsp3) is 0.500. The fourth-order valence-corrected chi connectivity index (χ4v) is 2.60. The number of rotatable bonds is 3. The van der Waals surface area contributed by atoms with Crippen LogP contribution in [0.2, 0.25) is 0 Å². The van der Waals surface area contributed by atoms with Crippen molar-refractivity contribution in [2.24, 2.45) is 5.92 Å². The maximum Gasteiger partial charge on any atom is 0.245 e. The summed E-state index contributed by atoms with van der Waals surface area (Å²) in [6, 6.07) is 9.86. The highest BCUT2D eigenvalue weighted by atomic mass is 16.2. The largest absolute Gasteiger partial charge is 0.328 e. The van der Waals surface area contributed by atoms with Crippen molar-refractivity contribution in [1.82, 2.24) is 10.2 Å². The first kappa shape index (κ1) is 10.8. The van der Waals surface area contributed by atoms with Crippen molar-refractivity contribution < 1.29 is 4.79 Å². The third-order valence-corrected chi connectivity index (χ3v) is 3.88. The molecule has 0 spiro atoms. The summed E-state index contributed by atoms with van der Waals surface area (Å²) in [5.74, 6) is 0.985. The monoisotopic (exact) mass is 230 g/mol. The van der Waals surface area contributed by atoms with Gasteiger partial charge in [-0.3, -0.25) is 10.1 Å². The molecule has 1 heterocycles. The predicted molar refractivity (Wildman–Crippen MR) is 66.2 cm³/mol. The van der Waals surface area contributed by atoms with E-state index < -0.39 is 0 Å². The molecule has 1 unspecified atom stereocenters. The van der Waals surface area contributed by atoms with Crippen LogP contribution in [-0.2, 0) is 4.79 Å². The van der Waals surface area contributed by atoms with Crippen LogP contribution in [0.25, 0.3) is 0 Å². The zero-order chi connectivity index (χ0) is 11.7. The molecule has 2 fully saturated rings. The van der Waals surface area contributed by atoms with Gasteiger partial charge in [0.25, 0.3) is 0 Å². The minimum atomic E-state index is -0.128. The van der Waals surface area contributed by atoms with E-state index in [4.69, 9.17) is 0 Å². The Bertz CT molecular complexity index is 400. The molecule has 1 atom stereocenters. The minimum Gasteiger partial charge on any atom is -0.328 e. The SMILES string of the molecule is O=C1C(c2ccccc2)NCN1CC1CCC1. The van der Waals surface area contributed by atoms with Crippen LogP contribution in [-0.4, -0.2) is 24.0 Å². The van der Waals surface area contributed by atoms with Crippen molar-refractivity contribution in [3.05, 3.63) is 35.9 Å². The van der Waals surface area contributed by atoms with Gasteiger partial charge in [-0.15, -0.1) is 0 Å². The molecule has 3 rings (SSSR count). The second-order valence-corrected chi connectivity index (χ2v) is 5.06. The Morgan fingerprint density at radius 3 is 2.65 bits per heavy atom. The number of nitrogens with one attached hydrogen (secondary N) is 1. The minimum absolute atomic E-state index is 0.128. The molecule has 0 aromatic heterocycles. The van der Waals surface area contributed by atoms with Crippen LogP contribution in [0.15, 0.2) is 30.3 Å². The van der Waals surface area contributed by atoms with Gasteiger partial charge in [0, 0.05) is 6.54 Å². The van der Waals surface area contributed by atoms with Gasteiger partial charge in [0.2, 0.25) is 5.91 Å². The maximum absolute atomic E-state index is 12.2. The molecule has 1 aliphatic heterocycles. The molecular weight excluding hydrogens is 212 g/mol. The number of carbonyl (C=O) groups excluding carboxylic acids is 1. The fourth-order valence-electron chi connectivity index (χ4n) is 2.60. The Morgan fingerprint density at radius 2 is 2.00 bits per heavy atom. The molecule has 1 aliphatic carbocycles. The lowest BCUT2D eigenvalue weighted by Crippen LogP contribution is -2.34. The van der Waals surface area contributed by atoms with Crippen molar-refractivity contribution >= 4 is 5.91 Å². The predicted octanol–water partition coefficient (Wildman–Crippen LogP) is 1.92. The van der Waals surface area contributed by atoms with Gasteiger partial charge in [-0.2, -0.15) is 0 Å². The third-order valence-electron chi connectivity index (χ3n) is 3.88. The molecule has 17 heavy (non-hydrogen) atoms. The van der Waals surface area contributed by atoms with Crippen LogP contribution in [0.3, 0.4) is 0 Å². The van der Waals surface area contributed by atoms with Crippen LogP contribution >= 0.6 is 0 Å². The molecule has 2 aliphatic rings. The van der Waals surface area contributed by atoms with Gasteiger partial charge < -0.3 is 4.90 Å². The summed E-state index contributed by atoms with van der Waals surface area (Å²) in [5, 5.41) is 3.30. The number of amides is 1. The molecule has 0 radical (unpaired) electrons. The summed E-state index contributed by atoms with van der Waals surface area (Å²) in [5.41, 5.74) is 1.08. The summed E-state index contributed by atoms with van der Waals surface area (Å²) in [6.45, 7) is 1.64. The highest BCUT2D eigenvalue weighted by Gasteiger charge is 2.34. The lowest BCUT2D eigenvalue weighted by Gasteiger charge is -2.29. The van der Waals surface area contributed by atoms with E-state index >= 15 is 0 Å². The van der Waals surface area contributed by atoms with E-state index in [9.17, 15) is 4.79 Å². The van der Waals surface area contributed by atoms with Crippen LogP contribution in [0.5, 0.6) is 0 Å². The van der Waals surface area contributed by atoms with Crippen molar-refractivity contribution in [1.29, 1.82) is 0 Å². The van der Waals surface area contributed by atoms with Gasteiger partial charge in [-0.1, -0.05) is 36.8 Å². The quantitative estimate of drug-likeness (QED) is 0.860. The van der Waals surface area contributed by atoms with Gasteiger partial charge in [0.05, 0.1) is 6.67 Å². The summed E-state index contributed by atoms with van der Waals surface area (Å²) in [4.78, 5) is 14.2. The highest BCUT2D eigenvalue weighted by molar-refractivity contribution is 5.85. The number of nitrogens with zero attached hydrogens (tertiary/aromatic N) is 1. The van der Waals surface area contributed by atoms with Crippen LogP contribution in [0.4, 0.5) is 0 Å². The van der Waals surface area contributed by atoms with E-state index in [1.54, 1.807) is 0 Å². The third kappa shape index (κ3) is 2.07. The first-order chi connectivity index (χ1) is 8.34. The zero-order valence-electron chi connectivity index (χ0n) is 9.93. The van der Waals surface area contributed by atoms with Gasteiger partial charge >= 0.3 is 0 Å². The van der Waals surface area contributed by atoms with Gasteiger partial charge in [0.15, 0.2) is 0 Å². The summed E-state index contributed by atoms with van der Waals surface area (Å²) in [7, 11) is 0. The maximum atomic E-state index is 12.2. The molecule has 1 saturated heterocycles. The van der Waals surface area contributed by atoms with E-state index in [1.807, 2.05) is 35.2 Å². The first-order valence-corrected chi connectivity index (χ1v) is 6.42. The lowest BCUT2D eigenvalue weighted by atomic mass is 9.85. The smallest absolute Gasteiger partial charge is 0.245 e. The molecular formula is C14H18N2O. The van der Waals surface area contributed by atoms with E-state index in [-0.39, 0.29) is 11.9 Å². The second kappa shape index (κ2) is 4.49. The number of hydrogen-bond acceptors (Lipinski definition) is 2. The zero-order valence-corrected chi connectivity index (χ0v) is 9.93. The molecule has 3 heteroatoms. The average molecular weight is 230 g/mol. The van der Waals surface area contributed by atoms with E-state index in [0.29, 0.717) is 6.67 Å². The number of hydrogen-bond donors (Lipinski definition) is 1.